The van der Waals surface area contributed by atoms with E-state index in [0.29, 0.717) is 19.8 Å². The lowest BCUT2D eigenvalue weighted by Gasteiger charge is -2.18. The lowest BCUT2D eigenvalue weighted by atomic mass is 10.3. The molecule has 0 spiro atoms. The third-order valence-corrected chi connectivity index (χ3v) is 2.32. The SMILES string of the molecule is CCOC(CCNCC(COC)OC)OCC. The van der Waals surface area contributed by atoms with Gasteiger partial charge in [0.25, 0.3) is 0 Å². The number of nitrogens with one attached hydrogen (secondary N) is 1. The molecule has 0 aromatic rings. The number of hydrogen-bond acceptors (Lipinski definition) is 5. The van der Waals surface area contributed by atoms with Gasteiger partial charge in [0, 0.05) is 46.9 Å². The Hall–Kier alpha value is -0.200. The summed E-state index contributed by atoms with van der Waals surface area (Å²) in [6, 6.07) is 0. The predicted octanol–water partition coefficient (Wildman–Crippen LogP) is 1.03. The van der Waals surface area contributed by atoms with Gasteiger partial charge in [-0.2, -0.15) is 0 Å². The zero-order valence-corrected chi connectivity index (χ0v) is 11.5. The Morgan fingerprint density at radius 3 is 2.18 bits per heavy atom. The van der Waals surface area contributed by atoms with E-state index in [-0.39, 0.29) is 12.4 Å². The van der Waals surface area contributed by atoms with Gasteiger partial charge in [-0.3, -0.25) is 0 Å². The Morgan fingerprint density at radius 2 is 1.71 bits per heavy atom. The standard InChI is InChI=1S/C12H27NO4/c1-5-16-12(17-6-2)7-8-13-9-11(15-4)10-14-3/h11-13H,5-10H2,1-4H3. The van der Waals surface area contributed by atoms with Crippen LogP contribution in [0.1, 0.15) is 20.3 Å². The highest BCUT2D eigenvalue weighted by Crippen LogP contribution is 2.00. The smallest absolute Gasteiger partial charge is 0.158 e. The predicted molar refractivity (Wildman–Crippen MR) is 67.2 cm³/mol. The topological polar surface area (TPSA) is 49.0 Å². The largest absolute Gasteiger partial charge is 0.382 e. The van der Waals surface area contributed by atoms with Gasteiger partial charge < -0.3 is 24.3 Å². The van der Waals surface area contributed by atoms with E-state index in [9.17, 15) is 0 Å². The second-order valence-electron chi connectivity index (χ2n) is 3.65. The molecule has 0 rings (SSSR count). The van der Waals surface area contributed by atoms with Crippen LogP contribution in [0.15, 0.2) is 0 Å². The first kappa shape index (κ1) is 16.8. The van der Waals surface area contributed by atoms with Crippen LogP contribution in [0.3, 0.4) is 0 Å². The molecule has 0 bridgehead atoms. The van der Waals surface area contributed by atoms with Crippen LogP contribution in [-0.2, 0) is 18.9 Å². The minimum absolute atomic E-state index is 0.0950. The molecule has 0 saturated heterocycles. The van der Waals surface area contributed by atoms with Crippen molar-refractivity contribution in [1.29, 1.82) is 0 Å². The minimum atomic E-state index is -0.110. The molecule has 0 amide bonds. The van der Waals surface area contributed by atoms with Gasteiger partial charge in [-0.05, 0) is 13.8 Å². The van der Waals surface area contributed by atoms with Crippen LogP contribution in [0.4, 0.5) is 0 Å². The first-order valence-electron chi connectivity index (χ1n) is 6.24. The Kier molecular flexibility index (Phi) is 12.1. The van der Waals surface area contributed by atoms with E-state index in [1.165, 1.54) is 0 Å². The average Bonchev–Trinajstić information content (AvgIpc) is 2.33. The van der Waals surface area contributed by atoms with Crippen LogP contribution in [0.5, 0.6) is 0 Å². The molecule has 104 valence electrons. The van der Waals surface area contributed by atoms with Gasteiger partial charge in [0.1, 0.15) is 0 Å². The van der Waals surface area contributed by atoms with Gasteiger partial charge in [-0.1, -0.05) is 0 Å². The van der Waals surface area contributed by atoms with Crippen LogP contribution in [0.25, 0.3) is 0 Å². The zero-order valence-electron chi connectivity index (χ0n) is 11.5. The van der Waals surface area contributed by atoms with E-state index >= 15 is 0 Å². The quantitative estimate of drug-likeness (QED) is 0.413. The Balaban J connectivity index is 3.57. The van der Waals surface area contributed by atoms with E-state index in [1.807, 2.05) is 13.8 Å². The molecule has 1 N–H and O–H groups in total. The van der Waals surface area contributed by atoms with Gasteiger partial charge in [0.05, 0.1) is 12.7 Å². The molecule has 0 aliphatic heterocycles. The molecule has 0 heterocycles. The Labute approximate surface area is 105 Å². The summed E-state index contributed by atoms with van der Waals surface area (Å²) in [6.45, 7) is 7.51. The second-order valence-corrected chi connectivity index (χ2v) is 3.65. The van der Waals surface area contributed by atoms with Crippen molar-refractivity contribution in [3.63, 3.8) is 0 Å². The maximum atomic E-state index is 5.45. The lowest BCUT2D eigenvalue weighted by Crippen LogP contribution is -2.34. The molecule has 1 unspecified atom stereocenters. The van der Waals surface area contributed by atoms with Gasteiger partial charge in [-0.15, -0.1) is 0 Å². The van der Waals surface area contributed by atoms with Crippen molar-refractivity contribution in [1.82, 2.24) is 5.32 Å². The zero-order chi connectivity index (χ0) is 12.9. The lowest BCUT2D eigenvalue weighted by molar-refractivity contribution is -0.138. The van der Waals surface area contributed by atoms with E-state index in [2.05, 4.69) is 5.32 Å². The summed E-state index contributed by atoms with van der Waals surface area (Å²) in [5.41, 5.74) is 0. The maximum Gasteiger partial charge on any atom is 0.158 e. The molecule has 0 aromatic carbocycles. The van der Waals surface area contributed by atoms with Crippen molar-refractivity contribution in [2.24, 2.45) is 0 Å². The fourth-order valence-electron chi connectivity index (χ4n) is 1.47. The van der Waals surface area contributed by atoms with Crippen molar-refractivity contribution in [3.8, 4) is 0 Å². The summed E-state index contributed by atoms with van der Waals surface area (Å²) >= 11 is 0. The molecule has 5 heteroatoms. The third kappa shape index (κ3) is 9.50. The Bertz CT molecular complexity index is 151. The van der Waals surface area contributed by atoms with Crippen molar-refractivity contribution in [2.45, 2.75) is 32.7 Å². The van der Waals surface area contributed by atoms with Gasteiger partial charge in [-0.25, -0.2) is 0 Å². The van der Waals surface area contributed by atoms with Gasteiger partial charge in [0.2, 0.25) is 0 Å². The normalized spacial score (nSPS) is 13.2. The van der Waals surface area contributed by atoms with Crippen molar-refractivity contribution in [2.75, 3.05) is 47.1 Å². The summed E-state index contributed by atoms with van der Waals surface area (Å²) in [7, 11) is 3.36. The monoisotopic (exact) mass is 249 g/mol. The summed E-state index contributed by atoms with van der Waals surface area (Å²) < 4.78 is 21.2. The molecule has 0 aliphatic rings. The van der Waals surface area contributed by atoms with Crippen LogP contribution in [0.2, 0.25) is 0 Å². The van der Waals surface area contributed by atoms with Crippen molar-refractivity contribution in [3.05, 3.63) is 0 Å². The molecule has 0 aromatic heterocycles. The van der Waals surface area contributed by atoms with E-state index < -0.39 is 0 Å². The molecular weight excluding hydrogens is 222 g/mol. The molecular formula is C12H27NO4. The molecule has 17 heavy (non-hydrogen) atoms. The van der Waals surface area contributed by atoms with Gasteiger partial charge in [0.15, 0.2) is 6.29 Å². The molecule has 0 aliphatic carbocycles. The molecule has 0 fully saturated rings. The van der Waals surface area contributed by atoms with E-state index in [0.717, 1.165) is 19.5 Å². The third-order valence-electron chi connectivity index (χ3n) is 2.32. The number of ether oxygens (including phenoxy) is 4. The minimum Gasteiger partial charge on any atom is -0.382 e. The maximum absolute atomic E-state index is 5.45. The molecule has 0 saturated carbocycles. The highest BCUT2D eigenvalue weighted by atomic mass is 16.7. The summed E-state index contributed by atoms with van der Waals surface area (Å²) in [4.78, 5) is 0. The van der Waals surface area contributed by atoms with Crippen LogP contribution in [0, 0.1) is 0 Å². The molecule has 0 radical (unpaired) electrons. The second kappa shape index (κ2) is 12.3. The fraction of sp³-hybridized carbons (Fsp3) is 1.00. The molecule has 1 atom stereocenters. The molecule has 5 nitrogen and oxygen atoms in total. The van der Waals surface area contributed by atoms with E-state index in [1.54, 1.807) is 14.2 Å². The summed E-state index contributed by atoms with van der Waals surface area (Å²) in [5.74, 6) is 0. The fourth-order valence-corrected chi connectivity index (χ4v) is 1.47. The average molecular weight is 249 g/mol. The summed E-state index contributed by atoms with van der Waals surface area (Å²) in [6.07, 6.45) is 0.823. The first-order chi connectivity index (χ1) is 8.28. The van der Waals surface area contributed by atoms with Crippen LogP contribution in [-0.4, -0.2) is 59.5 Å². The van der Waals surface area contributed by atoms with Gasteiger partial charge >= 0.3 is 0 Å². The highest BCUT2D eigenvalue weighted by molar-refractivity contribution is 4.60. The highest BCUT2D eigenvalue weighted by Gasteiger charge is 2.09. The summed E-state index contributed by atoms with van der Waals surface area (Å²) in [5, 5.41) is 3.30. The van der Waals surface area contributed by atoms with Crippen LogP contribution >= 0.6 is 0 Å². The van der Waals surface area contributed by atoms with Crippen molar-refractivity contribution >= 4 is 0 Å². The van der Waals surface area contributed by atoms with Crippen LogP contribution < -0.4 is 5.32 Å². The van der Waals surface area contributed by atoms with E-state index in [4.69, 9.17) is 18.9 Å². The van der Waals surface area contributed by atoms with Crippen molar-refractivity contribution < 1.29 is 18.9 Å². The Morgan fingerprint density at radius 1 is 1.06 bits per heavy atom. The number of rotatable bonds is 12. The first-order valence-corrected chi connectivity index (χ1v) is 6.24. The number of methoxy groups -OCH3 is 2. The number of hydrogen-bond donors (Lipinski definition) is 1.